The minimum absolute atomic E-state index is 0.00587. The molecule has 3 rings (SSSR count). The Balaban J connectivity index is 1.43. The Morgan fingerprint density at radius 3 is 2.00 bits per heavy atom. The van der Waals surface area contributed by atoms with Gasteiger partial charge in [0.25, 0.3) is 0 Å². The molecule has 0 N–H and O–H groups in total. The number of likely N-dealkylation sites (tertiary alicyclic amines) is 1. The smallest absolute Gasteiger partial charge is 0.307 e. The zero-order valence-corrected chi connectivity index (χ0v) is 16.5. The molecule has 0 bridgehead atoms. The predicted molar refractivity (Wildman–Crippen MR) is 98.1 cm³/mol. The molecule has 5 heteroatoms. The molecule has 2 amide bonds. The van der Waals surface area contributed by atoms with E-state index in [1.165, 1.54) is 4.90 Å². The minimum atomic E-state index is -0.278. The van der Waals surface area contributed by atoms with Gasteiger partial charge in [-0.1, -0.05) is 33.6 Å². The lowest BCUT2D eigenvalue weighted by Crippen LogP contribution is -2.34. The van der Waals surface area contributed by atoms with Gasteiger partial charge in [-0.2, -0.15) is 0 Å². The summed E-state index contributed by atoms with van der Waals surface area (Å²) in [5.74, 6) is -0.0171. The van der Waals surface area contributed by atoms with Crippen molar-refractivity contribution in [2.75, 3.05) is 6.54 Å². The van der Waals surface area contributed by atoms with Crippen LogP contribution in [0, 0.1) is 23.2 Å². The SMILES string of the molecule is CC(C)(C)C1CCC(OC(=O)CCN2C(=O)[C@H]3CCCC[C@@H]3C2=O)CC1. The molecule has 3 aliphatic rings. The van der Waals surface area contributed by atoms with E-state index in [1.807, 2.05) is 0 Å². The number of fused-ring (bicyclic) bond motifs is 1. The first-order valence-electron chi connectivity index (χ1n) is 10.3. The number of carbonyl (C=O) groups excluding carboxylic acids is 3. The van der Waals surface area contributed by atoms with Gasteiger partial charge in [-0.15, -0.1) is 0 Å². The van der Waals surface area contributed by atoms with Gasteiger partial charge < -0.3 is 4.74 Å². The Bertz CT molecular complexity index is 533. The van der Waals surface area contributed by atoms with Crippen molar-refractivity contribution in [1.29, 1.82) is 0 Å². The van der Waals surface area contributed by atoms with Gasteiger partial charge in [0, 0.05) is 6.54 Å². The summed E-state index contributed by atoms with van der Waals surface area (Å²) in [6.45, 7) is 6.99. The fourth-order valence-corrected chi connectivity index (χ4v) is 4.95. The first-order valence-corrected chi connectivity index (χ1v) is 10.3. The van der Waals surface area contributed by atoms with E-state index in [0.29, 0.717) is 11.3 Å². The van der Waals surface area contributed by atoms with Crippen molar-refractivity contribution >= 4 is 17.8 Å². The Labute approximate surface area is 156 Å². The minimum Gasteiger partial charge on any atom is -0.462 e. The zero-order valence-electron chi connectivity index (χ0n) is 16.5. The van der Waals surface area contributed by atoms with Gasteiger partial charge in [0.05, 0.1) is 18.3 Å². The summed E-state index contributed by atoms with van der Waals surface area (Å²) in [6.07, 6.45) is 7.80. The third-order valence-electron chi connectivity index (χ3n) is 6.67. The summed E-state index contributed by atoms with van der Waals surface area (Å²) in [5, 5.41) is 0. The van der Waals surface area contributed by atoms with E-state index < -0.39 is 0 Å². The average Bonchev–Trinajstić information content (AvgIpc) is 2.84. The number of esters is 1. The third-order valence-corrected chi connectivity index (χ3v) is 6.67. The molecule has 2 aliphatic carbocycles. The highest BCUT2D eigenvalue weighted by atomic mass is 16.5. The van der Waals surface area contributed by atoms with Crippen molar-refractivity contribution in [2.45, 2.75) is 84.7 Å². The van der Waals surface area contributed by atoms with Gasteiger partial charge in [0.15, 0.2) is 0 Å². The molecule has 1 saturated heterocycles. The van der Waals surface area contributed by atoms with Crippen LogP contribution in [0.15, 0.2) is 0 Å². The maximum atomic E-state index is 12.4. The monoisotopic (exact) mass is 363 g/mol. The van der Waals surface area contributed by atoms with Crippen molar-refractivity contribution in [3.8, 4) is 0 Å². The average molecular weight is 363 g/mol. The molecule has 0 aromatic rings. The fourth-order valence-electron chi connectivity index (χ4n) is 4.95. The molecule has 0 unspecified atom stereocenters. The Morgan fingerprint density at radius 1 is 0.962 bits per heavy atom. The first-order chi connectivity index (χ1) is 12.3. The van der Waals surface area contributed by atoms with Gasteiger partial charge in [0.2, 0.25) is 11.8 Å². The lowest BCUT2D eigenvalue weighted by Gasteiger charge is -2.36. The quantitative estimate of drug-likeness (QED) is 0.564. The largest absolute Gasteiger partial charge is 0.462 e. The fraction of sp³-hybridized carbons (Fsp3) is 0.857. The van der Waals surface area contributed by atoms with Crippen molar-refractivity contribution in [2.24, 2.45) is 23.2 Å². The molecule has 0 aromatic heterocycles. The van der Waals surface area contributed by atoms with E-state index >= 15 is 0 Å². The van der Waals surface area contributed by atoms with Crippen LogP contribution in [-0.2, 0) is 19.1 Å². The number of amides is 2. The third kappa shape index (κ3) is 4.12. The van der Waals surface area contributed by atoms with E-state index in [-0.39, 0.29) is 48.7 Å². The van der Waals surface area contributed by atoms with E-state index in [0.717, 1.165) is 51.4 Å². The van der Waals surface area contributed by atoms with E-state index in [9.17, 15) is 14.4 Å². The molecule has 1 aliphatic heterocycles. The van der Waals surface area contributed by atoms with E-state index in [1.54, 1.807) is 0 Å². The summed E-state index contributed by atoms with van der Waals surface area (Å²) in [7, 11) is 0. The van der Waals surface area contributed by atoms with Crippen LogP contribution in [-0.4, -0.2) is 35.3 Å². The van der Waals surface area contributed by atoms with Crippen LogP contribution < -0.4 is 0 Å². The maximum absolute atomic E-state index is 12.4. The van der Waals surface area contributed by atoms with Crippen LogP contribution >= 0.6 is 0 Å². The van der Waals surface area contributed by atoms with Gasteiger partial charge in [-0.25, -0.2) is 0 Å². The molecular formula is C21H33NO4. The molecule has 26 heavy (non-hydrogen) atoms. The highest BCUT2D eigenvalue weighted by molar-refractivity contribution is 6.05. The number of hydrogen-bond donors (Lipinski definition) is 0. The van der Waals surface area contributed by atoms with E-state index in [2.05, 4.69) is 20.8 Å². The van der Waals surface area contributed by atoms with Crippen molar-refractivity contribution < 1.29 is 19.1 Å². The van der Waals surface area contributed by atoms with Crippen LogP contribution in [0.5, 0.6) is 0 Å². The highest BCUT2D eigenvalue weighted by Gasteiger charge is 2.47. The molecule has 1 heterocycles. The molecule has 0 aromatic carbocycles. The summed E-state index contributed by atoms with van der Waals surface area (Å²) < 4.78 is 5.61. The second kappa shape index (κ2) is 7.69. The number of carbonyl (C=O) groups is 3. The van der Waals surface area contributed by atoms with Crippen LogP contribution in [0.3, 0.4) is 0 Å². The number of imide groups is 1. The molecule has 3 fully saturated rings. The summed E-state index contributed by atoms with van der Waals surface area (Å²) in [6, 6.07) is 0. The number of ether oxygens (including phenoxy) is 1. The van der Waals surface area contributed by atoms with Crippen LogP contribution in [0.4, 0.5) is 0 Å². The number of rotatable bonds is 4. The first kappa shape index (κ1) is 19.4. The van der Waals surface area contributed by atoms with Gasteiger partial charge in [0.1, 0.15) is 6.10 Å². The van der Waals surface area contributed by atoms with Crippen molar-refractivity contribution in [3.05, 3.63) is 0 Å². The van der Waals surface area contributed by atoms with Crippen LogP contribution in [0.1, 0.15) is 78.6 Å². The molecule has 0 radical (unpaired) electrons. The normalized spacial score (nSPS) is 32.5. The highest BCUT2D eigenvalue weighted by Crippen LogP contribution is 2.39. The number of nitrogens with zero attached hydrogens (tertiary/aromatic N) is 1. The standard InChI is InChI=1S/C21H33NO4/c1-21(2,3)14-8-10-15(11-9-14)26-18(23)12-13-22-19(24)16-6-4-5-7-17(16)20(22)25/h14-17H,4-13H2,1-3H3/t14?,15?,16-,17-/m0/s1. The maximum Gasteiger partial charge on any atom is 0.307 e. The van der Waals surface area contributed by atoms with Gasteiger partial charge in [-0.3, -0.25) is 19.3 Å². The molecule has 0 spiro atoms. The molecule has 2 saturated carbocycles. The summed E-state index contributed by atoms with van der Waals surface area (Å²) >= 11 is 0. The molecule has 5 nitrogen and oxygen atoms in total. The lowest BCUT2D eigenvalue weighted by atomic mass is 9.72. The van der Waals surface area contributed by atoms with Gasteiger partial charge >= 0.3 is 5.97 Å². The molecule has 146 valence electrons. The predicted octanol–water partition coefficient (Wildman–Crippen LogP) is 3.70. The topological polar surface area (TPSA) is 63.7 Å². The van der Waals surface area contributed by atoms with Crippen molar-refractivity contribution in [3.63, 3.8) is 0 Å². The molecule has 2 atom stereocenters. The number of hydrogen-bond acceptors (Lipinski definition) is 4. The van der Waals surface area contributed by atoms with Crippen LogP contribution in [0.25, 0.3) is 0 Å². The van der Waals surface area contributed by atoms with Crippen molar-refractivity contribution in [1.82, 2.24) is 4.90 Å². The Kier molecular flexibility index (Phi) is 5.73. The Hall–Kier alpha value is -1.39. The zero-order chi connectivity index (χ0) is 18.9. The van der Waals surface area contributed by atoms with E-state index in [4.69, 9.17) is 4.74 Å². The van der Waals surface area contributed by atoms with Gasteiger partial charge in [-0.05, 0) is 49.9 Å². The Morgan fingerprint density at radius 2 is 1.50 bits per heavy atom. The molecular weight excluding hydrogens is 330 g/mol. The second-order valence-electron chi connectivity index (χ2n) is 9.41. The lowest BCUT2D eigenvalue weighted by molar-refractivity contribution is -0.152. The second-order valence-corrected chi connectivity index (χ2v) is 9.41. The summed E-state index contributed by atoms with van der Waals surface area (Å²) in [4.78, 5) is 38.4. The summed E-state index contributed by atoms with van der Waals surface area (Å²) in [5.41, 5.74) is 0.308. The van der Waals surface area contributed by atoms with Crippen LogP contribution in [0.2, 0.25) is 0 Å².